The van der Waals surface area contributed by atoms with Gasteiger partial charge < -0.3 is 0 Å². The van der Waals surface area contributed by atoms with Crippen LogP contribution < -0.4 is 10.8 Å². The third-order valence-corrected chi connectivity index (χ3v) is 1.53. The van der Waals surface area contributed by atoms with Crippen LogP contribution in [0.3, 0.4) is 0 Å². The summed E-state index contributed by atoms with van der Waals surface area (Å²) in [6, 6.07) is -0.694. The molecule has 1 amide bonds. The van der Waals surface area contributed by atoms with Crippen molar-refractivity contribution < 1.29 is 19.4 Å². The highest BCUT2D eigenvalue weighted by atomic mass is 31.1. The van der Waals surface area contributed by atoms with Crippen LogP contribution in [-0.2, 0) is 14.2 Å². The summed E-state index contributed by atoms with van der Waals surface area (Å²) in [7, 11) is -0.590. The lowest BCUT2D eigenvalue weighted by atomic mass is 10.3. The van der Waals surface area contributed by atoms with E-state index in [-0.39, 0.29) is 6.54 Å². The van der Waals surface area contributed by atoms with Crippen LogP contribution in [0.25, 0.3) is 0 Å². The molecule has 1 atom stereocenters. The summed E-state index contributed by atoms with van der Waals surface area (Å²) in [5.41, 5.74) is 0.865. The first-order valence-electron chi connectivity index (χ1n) is 3.15. The zero-order valence-electron chi connectivity index (χ0n) is 6.40. The Balaban J connectivity index is 3.70. The quantitative estimate of drug-likeness (QED) is 0.304. The second-order valence-corrected chi connectivity index (χ2v) is 2.75. The van der Waals surface area contributed by atoms with Crippen LogP contribution in [0.15, 0.2) is 0 Å². The normalized spacial score (nSPS) is 12.5. The van der Waals surface area contributed by atoms with Gasteiger partial charge in [0.15, 0.2) is 0 Å². The molecule has 68 valence electrons. The Morgan fingerprint density at radius 3 is 2.58 bits per heavy atom. The molecular formula is C5H9N2O4P. The molecule has 7 heteroatoms. The summed E-state index contributed by atoms with van der Waals surface area (Å²) in [5, 5.41) is 10.6. The summed E-state index contributed by atoms with van der Waals surface area (Å²) in [5.74, 6) is -0.648. The van der Waals surface area contributed by atoms with E-state index < -0.39 is 25.9 Å². The van der Waals surface area contributed by atoms with Crippen molar-refractivity contribution in [3.8, 4) is 0 Å². The number of rotatable bonds is 5. The van der Waals surface area contributed by atoms with E-state index in [9.17, 15) is 14.2 Å². The highest BCUT2D eigenvalue weighted by Gasteiger charge is 2.12. The maximum absolute atomic E-state index is 10.6. The largest absolute Gasteiger partial charge is 0.298 e. The molecule has 0 fully saturated rings. The molecule has 6 nitrogen and oxygen atoms in total. The molecule has 0 aromatic rings. The molecule has 12 heavy (non-hydrogen) atoms. The van der Waals surface area contributed by atoms with Crippen molar-refractivity contribution in [3.05, 3.63) is 0 Å². The lowest BCUT2D eigenvalue weighted by molar-refractivity contribution is -0.131. The monoisotopic (exact) mass is 192 g/mol. The third kappa shape index (κ3) is 4.12. The van der Waals surface area contributed by atoms with Gasteiger partial charge in [0.1, 0.15) is 0 Å². The highest BCUT2D eigenvalue weighted by molar-refractivity contribution is 7.46. The Morgan fingerprint density at radius 1 is 1.58 bits per heavy atom. The molecule has 0 saturated heterocycles. The molecule has 0 aliphatic rings. The van der Waals surface area contributed by atoms with Gasteiger partial charge in [-0.3, -0.25) is 24.7 Å². The van der Waals surface area contributed by atoms with E-state index in [0.717, 1.165) is 0 Å². The maximum Gasteiger partial charge on any atom is 0.260 e. The average molecular weight is 192 g/mol. The molecule has 1 unspecified atom stereocenters. The summed E-state index contributed by atoms with van der Waals surface area (Å²) >= 11 is 0. The van der Waals surface area contributed by atoms with Crippen LogP contribution >= 0.6 is 8.46 Å². The van der Waals surface area contributed by atoms with Crippen LogP contribution in [0.2, 0.25) is 0 Å². The molecule has 0 bridgehead atoms. The van der Waals surface area contributed by atoms with Crippen molar-refractivity contribution in [1.29, 1.82) is 0 Å². The van der Waals surface area contributed by atoms with Gasteiger partial charge in [0, 0.05) is 0 Å². The predicted octanol–water partition coefficient (Wildman–Crippen LogP) is -0.712. The van der Waals surface area contributed by atoms with E-state index in [1.807, 2.05) is 0 Å². The molecule has 0 saturated carbocycles. The zero-order valence-corrected chi connectivity index (χ0v) is 7.30. The molecule has 0 aliphatic carbocycles. The Bertz CT molecular complexity index is 196. The van der Waals surface area contributed by atoms with Gasteiger partial charge in [-0.15, -0.1) is 0 Å². The fourth-order valence-electron chi connectivity index (χ4n) is 0.462. The molecule has 3 N–H and O–H groups in total. The van der Waals surface area contributed by atoms with Gasteiger partial charge in [0.2, 0.25) is 14.0 Å². The average Bonchev–Trinajstić information content (AvgIpc) is 2.11. The van der Waals surface area contributed by atoms with E-state index in [1.54, 1.807) is 0 Å². The van der Waals surface area contributed by atoms with E-state index in [1.165, 1.54) is 12.4 Å². The molecule has 0 rings (SSSR count). The maximum atomic E-state index is 10.6. The Kier molecular flexibility index (Phi) is 5.36. The van der Waals surface area contributed by atoms with Crippen LogP contribution in [0.5, 0.6) is 0 Å². The minimum absolute atomic E-state index is 0.167. The smallest absolute Gasteiger partial charge is 0.260 e. The molecule has 0 aromatic carbocycles. The minimum atomic E-state index is -0.694. The van der Waals surface area contributed by atoms with Crippen LogP contribution in [-0.4, -0.2) is 29.2 Å². The van der Waals surface area contributed by atoms with Crippen molar-refractivity contribution in [1.82, 2.24) is 10.8 Å². The van der Waals surface area contributed by atoms with Crippen LogP contribution in [0.4, 0.5) is 0 Å². The first kappa shape index (κ1) is 11.2. The molecule has 0 aliphatic heterocycles. The molecule has 0 spiro atoms. The van der Waals surface area contributed by atoms with E-state index in [4.69, 9.17) is 5.21 Å². The fourth-order valence-corrected chi connectivity index (χ4v) is 0.618. The minimum Gasteiger partial charge on any atom is -0.298 e. The number of nitrogens with one attached hydrogen (secondary N) is 2. The second-order valence-electron chi connectivity index (χ2n) is 2.06. The number of carbonyl (C=O) groups excluding carboxylic acids is 2. The Labute approximate surface area is 70.5 Å². The van der Waals surface area contributed by atoms with Gasteiger partial charge >= 0.3 is 0 Å². The van der Waals surface area contributed by atoms with Gasteiger partial charge in [0.25, 0.3) is 5.91 Å². The predicted molar refractivity (Wildman–Crippen MR) is 40.0 cm³/mol. The van der Waals surface area contributed by atoms with Crippen molar-refractivity contribution in [2.24, 2.45) is 0 Å². The second kappa shape index (κ2) is 5.77. The van der Waals surface area contributed by atoms with E-state index in [2.05, 4.69) is 5.32 Å². The van der Waals surface area contributed by atoms with Crippen molar-refractivity contribution >= 4 is 19.9 Å². The third-order valence-electron chi connectivity index (χ3n) is 1.16. The SMILES string of the molecule is CC(NCC(=O)P=O)C(=O)NO. The zero-order chi connectivity index (χ0) is 9.56. The number of carbonyl (C=O) groups is 2. The summed E-state index contributed by atoms with van der Waals surface area (Å²) in [6.45, 7) is 1.29. The molecule has 0 radical (unpaired) electrons. The highest BCUT2D eigenvalue weighted by Crippen LogP contribution is 1.91. The lowest BCUT2D eigenvalue weighted by Gasteiger charge is -2.08. The van der Waals surface area contributed by atoms with Gasteiger partial charge in [-0.05, 0) is 6.92 Å². The first-order chi connectivity index (χ1) is 5.61. The number of hydrogen-bond donors (Lipinski definition) is 3. The Hall–Kier alpha value is -0.840. The van der Waals surface area contributed by atoms with Crippen LogP contribution in [0, 0.1) is 0 Å². The van der Waals surface area contributed by atoms with Crippen molar-refractivity contribution in [2.45, 2.75) is 13.0 Å². The van der Waals surface area contributed by atoms with Gasteiger partial charge in [-0.1, -0.05) is 0 Å². The van der Waals surface area contributed by atoms with Crippen molar-refractivity contribution in [3.63, 3.8) is 0 Å². The number of hydrogen-bond acceptors (Lipinski definition) is 5. The van der Waals surface area contributed by atoms with Crippen molar-refractivity contribution in [2.75, 3.05) is 6.54 Å². The number of hydroxylamine groups is 1. The Morgan fingerprint density at radius 2 is 2.17 bits per heavy atom. The summed E-state index contributed by atoms with van der Waals surface area (Å²) < 4.78 is 9.91. The molecule has 0 heterocycles. The summed E-state index contributed by atoms with van der Waals surface area (Å²) in [4.78, 5) is 21.0. The summed E-state index contributed by atoms with van der Waals surface area (Å²) in [6.07, 6.45) is 0. The van der Waals surface area contributed by atoms with Crippen LogP contribution in [0.1, 0.15) is 6.92 Å². The number of amides is 1. The van der Waals surface area contributed by atoms with Gasteiger partial charge in [0.05, 0.1) is 12.6 Å². The topological polar surface area (TPSA) is 95.5 Å². The lowest BCUT2D eigenvalue weighted by Crippen LogP contribution is -2.42. The fraction of sp³-hybridized carbons (Fsp3) is 0.600. The molecule has 0 aromatic heterocycles. The van der Waals surface area contributed by atoms with E-state index in [0.29, 0.717) is 0 Å². The standard InChI is InChI=1S/C5H9N2O4P/c1-3(5(9)7-10)6-2-4(8)12-11/h3,6,10H,2H2,1H3,(H,7,9). The van der Waals surface area contributed by atoms with Gasteiger partial charge in [-0.2, -0.15) is 0 Å². The van der Waals surface area contributed by atoms with Gasteiger partial charge in [-0.25, -0.2) is 5.48 Å². The first-order valence-corrected chi connectivity index (χ1v) is 3.96. The van der Waals surface area contributed by atoms with E-state index >= 15 is 0 Å². The molecular weight excluding hydrogens is 183 g/mol.